The highest BCUT2D eigenvalue weighted by Gasteiger charge is 2.34. The van der Waals surface area contributed by atoms with Gasteiger partial charge in [-0.05, 0) is 24.5 Å². The van der Waals surface area contributed by atoms with E-state index in [0.717, 1.165) is 48.5 Å². The molecule has 3 aromatic rings. The Bertz CT molecular complexity index is 952. The number of carbonyl (C=O) groups is 1. The van der Waals surface area contributed by atoms with Crippen molar-refractivity contribution in [3.8, 4) is 17.0 Å². The summed E-state index contributed by atoms with van der Waals surface area (Å²) in [6.45, 7) is 1.44. The summed E-state index contributed by atoms with van der Waals surface area (Å²) in [5.74, 6) is 0.935. The minimum Gasteiger partial charge on any atom is -0.480 e. The molecular formula is C22H22N4O2. The molecule has 3 heterocycles. The van der Waals surface area contributed by atoms with Gasteiger partial charge in [0.2, 0.25) is 0 Å². The molecule has 142 valence electrons. The van der Waals surface area contributed by atoms with E-state index in [9.17, 15) is 4.79 Å². The molecule has 0 unspecified atom stereocenters. The van der Waals surface area contributed by atoms with Crippen LogP contribution < -0.4 is 4.74 Å². The first-order valence-corrected chi connectivity index (χ1v) is 9.78. The first-order valence-electron chi connectivity index (χ1n) is 9.78. The van der Waals surface area contributed by atoms with Crippen LogP contribution in [-0.2, 0) is 11.2 Å². The number of nitrogens with zero attached hydrogens (tertiary/aromatic N) is 4. The minimum atomic E-state index is -0.384. The molecule has 28 heavy (non-hydrogen) atoms. The fourth-order valence-electron chi connectivity index (χ4n) is 4.07. The van der Waals surface area contributed by atoms with E-state index < -0.39 is 0 Å². The van der Waals surface area contributed by atoms with Gasteiger partial charge in [-0.2, -0.15) is 0 Å². The standard InChI is InChI=1S/C22H22N4O2/c27-22(21-14-17-8-4-5-9-20(17)28-21)25-12-10-18(11-13-25)26-15-19(23-24-26)16-6-2-1-3-7-16/h1-9,15,18,21H,10-14H2/t21-/m1/s1. The molecule has 6 heteroatoms. The zero-order chi connectivity index (χ0) is 18.9. The third-order valence-corrected chi connectivity index (χ3v) is 5.65. The van der Waals surface area contributed by atoms with Crippen LogP contribution in [0.1, 0.15) is 24.4 Å². The van der Waals surface area contributed by atoms with Crippen LogP contribution in [-0.4, -0.2) is 45.0 Å². The van der Waals surface area contributed by atoms with Gasteiger partial charge in [-0.1, -0.05) is 53.7 Å². The van der Waals surface area contributed by atoms with E-state index in [2.05, 4.69) is 10.3 Å². The van der Waals surface area contributed by atoms with E-state index in [1.165, 1.54) is 0 Å². The van der Waals surface area contributed by atoms with Gasteiger partial charge in [-0.3, -0.25) is 4.79 Å². The Labute approximate surface area is 163 Å². The van der Waals surface area contributed by atoms with E-state index in [1.54, 1.807) is 0 Å². The summed E-state index contributed by atoms with van der Waals surface area (Å²) in [4.78, 5) is 14.8. The Kier molecular flexibility index (Phi) is 4.31. The minimum absolute atomic E-state index is 0.0956. The molecule has 0 spiro atoms. The number of carbonyl (C=O) groups excluding carboxylic acids is 1. The van der Waals surface area contributed by atoms with Crippen molar-refractivity contribution in [2.45, 2.75) is 31.4 Å². The molecule has 1 saturated heterocycles. The second-order valence-corrected chi connectivity index (χ2v) is 7.42. The van der Waals surface area contributed by atoms with E-state index >= 15 is 0 Å². The second-order valence-electron chi connectivity index (χ2n) is 7.42. The fraction of sp³-hybridized carbons (Fsp3) is 0.318. The molecule has 0 radical (unpaired) electrons. The number of para-hydroxylation sites is 1. The fourth-order valence-corrected chi connectivity index (χ4v) is 4.07. The molecule has 0 saturated carbocycles. The van der Waals surface area contributed by atoms with Gasteiger partial charge in [-0.15, -0.1) is 5.10 Å². The lowest BCUT2D eigenvalue weighted by Gasteiger charge is -2.33. The summed E-state index contributed by atoms with van der Waals surface area (Å²) < 4.78 is 7.82. The lowest BCUT2D eigenvalue weighted by atomic mass is 10.0. The highest BCUT2D eigenvalue weighted by atomic mass is 16.5. The summed E-state index contributed by atoms with van der Waals surface area (Å²) in [7, 11) is 0. The summed E-state index contributed by atoms with van der Waals surface area (Å²) in [6, 6.07) is 18.2. The van der Waals surface area contributed by atoms with Crippen molar-refractivity contribution in [3.05, 3.63) is 66.4 Å². The SMILES string of the molecule is O=C([C@H]1Cc2ccccc2O1)N1CCC(n2cc(-c3ccccc3)nn2)CC1. The predicted molar refractivity (Wildman–Crippen MR) is 105 cm³/mol. The van der Waals surface area contributed by atoms with Crippen molar-refractivity contribution in [1.29, 1.82) is 0 Å². The summed E-state index contributed by atoms with van der Waals surface area (Å²) in [5.41, 5.74) is 3.07. The quantitative estimate of drug-likeness (QED) is 0.707. The van der Waals surface area contributed by atoms with Crippen molar-refractivity contribution in [2.75, 3.05) is 13.1 Å². The van der Waals surface area contributed by atoms with Crippen LogP contribution in [0.15, 0.2) is 60.8 Å². The van der Waals surface area contributed by atoms with Crippen LogP contribution in [0.3, 0.4) is 0 Å². The molecule has 1 fully saturated rings. The van der Waals surface area contributed by atoms with Crippen molar-refractivity contribution in [2.24, 2.45) is 0 Å². The first-order chi connectivity index (χ1) is 13.8. The monoisotopic (exact) mass is 374 g/mol. The van der Waals surface area contributed by atoms with E-state index in [0.29, 0.717) is 6.42 Å². The van der Waals surface area contributed by atoms with Crippen molar-refractivity contribution < 1.29 is 9.53 Å². The van der Waals surface area contributed by atoms with Gasteiger partial charge in [0.05, 0.1) is 12.2 Å². The molecule has 0 N–H and O–H groups in total. The van der Waals surface area contributed by atoms with Crippen LogP contribution in [0, 0.1) is 0 Å². The third-order valence-electron chi connectivity index (χ3n) is 5.65. The van der Waals surface area contributed by atoms with Crippen LogP contribution in [0.25, 0.3) is 11.3 Å². The maximum atomic E-state index is 12.9. The van der Waals surface area contributed by atoms with Crippen LogP contribution in [0.5, 0.6) is 5.75 Å². The predicted octanol–water partition coefficient (Wildman–Crippen LogP) is 3.11. The molecule has 1 aromatic heterocycles. The number of likely N-dealkylation sites (tertiary alicyclic amines) is 1. The molecular weight excluding hydrogens is 352 g/mol. The normalized spacial score (nSPS) is 19.3. The summed E-state index contributed by atoms with van der Waals surface area (Å²) >= 11 is 0. The van der Waals surface area contributed by atoms with Crippen LogP contribution >= 0.6 is 0 Å². The lowest BCUT2D eigenvalue weighted by molar-refractivity contribution is -0.139. The van der Waals surface area contributed by atoms with Gasteiger partial charge in [0, 0.05) is 25.1 Å². The lowest BCUT2D eigenvalue weighted by Crippen LogP contribution is -2.45. The van der Waals surface area contributed by atoms with Crippen molar-refractivity contribution in [1.82, 2.24) is 19.9 Å². The Balaban J connectivity index is 1.20. The third kappa shape index (κ3) is 3.15. The number of hydrogen-bond acceptors (Lipinski definition) is 4. The number of aromatic nitrogens is 3. The number of rotatable bonds is 3. The zero-order valence-electron chi connectivity index (χ0n) is 15.6. The number of amides is 1. The Morgan fingerprint density at radius 2 is 1.75 bits per heavy atom. The smallest absolute Gasteiger partial charge is 0.263 e. The topological polar surface area (TPSA) is 60.2 Å². The average Bonchev–Trinajstić information content (AvgIpc) is 3.41. The van der Waals surface area contributed by atoms with E-state index in [1.807, 2.05) is 70.4 Å². The van der Waals surface area contributed by atoms with E-state index in [4.69, 9.17) is 4.74 Å². The van der Waals surface area contributed by atoms with Crippen LogP contribution in [0.4, 0.5) is 0 Å². The summed E-state index contributed by atoms with van der Waals surface area (Å²) in [5, 5.41) is 8.64. The number of piperidine rings is 1. The van der Waals surface area contributed by atoms with Gasteiger partial charge in [0.25, 0.3) is 5.91 Å². The van der Waals surface area contributed by atoms with Gasteiger partial charge in [-0.25, -0.2) is 4.68 Å². The van der Waals surface area contributed by atoms with Gasteiger partial charge >= 0.3 is 0 Å². The molecule has 2 aromatic carbocycles. The van der Waals surface area contributed by atoms with E-state index in [-0.39, 0.29) is 18.1 Å². The van der Waals surface area contributed by atoms with Crippen molar-refractivity contribution >= 4 is 5.91 Å². The van der Waals surface area contributed by atoms with Crippen molar-refractivity contribution in [3.63, 3.8) is 0 Å². The molecule has 1 amide bonds. The highest BCUT2D eigenvalue weighted by Crippen LogP contribution is 2.30. The summed E-state index contributed by atoms with van der Waals surface area (Å²) in [6.07, 6.45) is 4.04. The highest BCUT2D eigenvalue weighted by molar-refractivity contribution is 5.82. The second kappa shape index (κ2) is 7.11. The van der Waals surface area contributed by atoms with Gasteiger partial charge in [0.15, 0.2) is 6.10 Å². The Hall–Kier alpha value is -3.15. The molecule has 5 rings (SSSR count). The maximum Gasteiger partial charge on any atom is 0.263 e. The molecule has 0 bridgehead atoms. The number of benzene rings is 2. The number of hydrogen-bond donors (Lipinski definition) is 0. The van der Waals surface area contributed by atoms with Gasteiger partial charge in [0.1, 0.15) is 11.4 Å². The zero-order valence-corrected chi connectivity index (χ0v) is 15.6. The molecule has 1 atom stereocenters. The molecule has 6 nitrogen and oxygen atoms in total. The van der Waals surface area contributed by atoms with Gasteiger partial charge < -0.3 is 9.64 Å². The first kappa shape index (κ1) is 17.0. The maximum absolute atomic E-state index is 12.9. The number of ether oxygens (including phenoxy) is 1. The average molecular weight is 374 g/mol. The number of fused-ring (bicyclic) bond motifs is 1. The molecule has 2 aliphatic heterocycles. The Morgan fingerprint density at radius 1 is 1.00 bits per heavy atom. The molecule has 0 aliphatic carbocycles. The van der Waals surface area contributed by atoms with Crippen LogP contribution in [0.2, 0.25) is 0 Å². The molecule has 2 aliphatic rings. The largest absolute Gasteiger partial charge is 0.480 e. The Morgan fingerprint density at radius 3 is 2.54 bits per heavy atom.